The first-order chi connectivity index (χ1) is 8.40. The van der Waals surface area contributed by atoms with Crippen LogP contribution >= 0.6 is 11.6 Å². The van der Waals surface area contributed by atoms with Gasteiger partial charge in [-0.15, -0.1) is 0 Å². The fourth-order valence-corrected chi connectivity index (χ4v) is 2.01. The van der Waals surface area contributed by atoms with E-state index in [2.05, 4.69) is 5.32 Å². The van der Waals surface area contributed by atoms with Gasteiger partial charge in [-0.1, -0.05) is 44.4 Å². The molecule has 1 aromatic carbocycles. The van der Waals surface area contributed by atoms with E-state index in [1.165, 1.54) is 12.1 Å². The normalized spacial score (nSPS) is 11.9. The Labute approximate surface area is 110 Å². The monoisotopic (exact) mass is 279 g/mol. The van der Waals surface area contributed by atoms with Crippen molar-refractivity contribution in [1.29, 1.82) is 0 Å². The summed E-state index contributed by atoms with van der Waals surface area (Å²) in [6.45, 7) is 4.54. The van der Waals surface area contributed by atoms with Gasteiger partial charge in [-0.2, -0.15) is 13.2 Å². The Bertz CT molecular complexity index is 386. The molecule has 0 bridgehead atoms. The highest BCUT2D eigenvalue weighted by molar-refractivity contribution is 6.33. The number of nitrogens with one attached hydrogen (secondary N) is 1. The first-order valence-corrected chi connectivity index (χ1v) is 6.37. The number of alkyl halides is 3. The van der Waals surface area contributed by atoms with Crippen LogP contribution in [0.2, 0.25) is 5.02 Å². The Kier molecular flexibility index (Phi) is 5.32. The Balaban J connectivity index is 2.93. The second-order valence-corrected chi connectivity index (χ2v) is 4.63. The number of halogens is 4. The maximum Gasteiger partial charge on any atom is 0.418 e. The van der Waals surface area contributed by atoms with Crippen LogP contribution in [0.1, 0.15) is 32.3 Å². The summed E-state index contributed by atoms with van der Waals surface area (Å²) in [6.07, 6.45) is -2.54. The van der Waals surface area contributed by atoms with Crippen LogP contribution < -0.4 is 5.32 Å². The maximum absolute atomic E-state index is 12.8. The zero-order chi connectivity index (χ0) is 13.8. The Hall–Kier alpha value is -0.900. The zero-order valence-electron chi connectivity index (χ0n) is 10.4. The average Bonchev–Trinajstić information content (AvgIpc) is 2.30. The number of benzene rings is 1. The van der Waals surface area contributed by atoms with Gasteiger partial charge >= 0.3 is 6.18 Å². The predicted octanol–water partition coefficient (Wildman–Crippen LogP) is 5.21. The topological polar surface area (TPSA) is 12.0 Å². The summed E-state index contributed by atoms with van der Waals surface area (Å²) in [5, 5.41) is 2.95. The third kappa shape index (κ3) is 3.80. The lowest BCUT2D eigenvalue weighted by Crippen LogP contribution is -2.16. The molecule has 1 nitrogen and oxygen atoms in total. The molecule has 1 rings (SSSR count). The summed E-state index contributed by atoms with van der Waals surface area (Å²) < 4.78 is 38.5. The van der Waals surface area contributed by atoms with Crippen molar-refractivity contribution in [2.45, 2.75) is 32.9 Å². The smallest absolute Gasteiger partial charge is 0.383 e. The van der Waals surface area contributed by atoms with Gasteiger partial charge in [-0.05, 0) is 18.1 Å². The first-order valence-electron chi connectivity index (χ1n) is 5.99. The second kappa shape index (κ2) is 6.32. The molecule has 0 atom stereocenters. The molecule has 0 aromatic heterocycles. The first kappa shape index (κ1) is 15.2. The molecule has 0 saturated carbocycles. The van der Waals surface area contributed by atoms with Crippen molar-refractivity contribution in [3.05, 3.63) is 28.8 Å². The lowest BCUT2D eigenvalue weighted by molar-refractivity contribution is -0.136. The summed E-state index contributed by atoms with van der Waals surface area (Å²) in [5.74, 6) is 0.349. The quantitative estimate of drug-likeness (QED) is 0.780. The van der Waals surface area contributed by atoms with Gasteiger partial charge in [0, 0.05) is 6.54 Å². The molecule has 1 N–H and O–H groups in total. The lowest BCUT2D eigenvalue weighted by Gasteiger charge is -2.19. The van der Waals surface area contributed by atoms with Crippen LogP contribution in [0.25, 0.3) is 0 Å². The van der Waals surface area contributed by atoms with Gasteiger partial charge in [0.2, 0.25) is 0 Å². The van der Waals surface area contributed by atoms with Gasteiger partial charge in [0.25, 0.3) is 0 Å². The van der Waals surface area contributed by atoms with Crippen molar-refractivity contribution in [3.8, 4) is 0 Å². The third-order valence-corrected chi connectivity index (χ3v) is 3.36. The minimum absolute atomic E-state index is 0.0152. The molecule has 102 valence electrons. The van der Waals surface area contributed by atoms with Crippen molar-refractivity contribution in [1.82, 2.24) is 0 Å². The largest absolute Gasteiger partial charge is 0.418 e. The lowest BCUT2D eigenvalue weighted by atomic mass is 10.0. The summed E-state index contributed by atoms with van der Waals surface area (Å²) in [4.78, 5) is 0. The highest BCUT2D eigenvalue weighted by Gasteiger charge is 2.34. The average molecular weight is 280 g/mol. The molecule has 0 aliphatic rings. The molecule has 1 aromatic rings. The van der Waals surface area contributed by atoms with Crippen LogP contribution in [0.15, 0.2) is 18.2 Å². The van der Waals surface area contributed by atoms with Crippen molar-refractivity contribution < 1.29 is 13.2 Å². The molecule has 0 heterocycles. The van der Waals surface area contributed by atoms with Crippen molar-refractivity contribution in [2.24, 2.45) is 5.92 Å². The third-order valence-electron chi connectivity index (χ3n) is 3.04. The van der Waals surface area contributed by atoms with Gasteiger partial charge in [-0.3, -0.25) is 0 Å². The molecule has 0 radical (unpaired) electrons. The minimum atomic E-state index is -4.39. The van der Waals surface area contributed by atoms with Crippen LogP contribution in [0, 0.1) is 5.92 Å². The number of hydrogen-bond acceptors (Lipinski definition) is 1. The fraction of sp³-hybridized carbons (Fsp3) is 0.538. The molecule has 0 aliphatic heterocycles. The van der Waals surface area contributed by atoms with Crippen LogP contribution in [0.3, 0.4) is 0 Å². The summed E-state index contributed by atoms with van der Waals surface area (Å²) in [5.41, 5.74) is -0.723. The van der Waals surface area contributed by atoms with Crippen LogP contribution in [-0.4, -0.2) is 6.54 Å². The Morgan fingerprint density at radius 3 is 2.33 bits per heavy atom. The molecule has 0 amide bonds. The van der Waals surface area contributed by atoms with E-state index in [1.807, 2.05) is 13.8 Å². The molecule has 0 aliphatic carbocycles. The molecule has 0 unspecified atom stereocenters. The summed E-state index contributed by atoms with van der Waals surface area (Å²) >= 11 is 5.84. The van der Waals surface area contributed by atoms with Crippen molar-refractivity contribution in [2.75, 3.05) is 11.9 Å². The van der Waals surface area contributed by atoms with Crippen molar-refractivity contribution in [3.63, 3.8) is 0 Å². The van der Waals surface area contributed by atoms with Gasteiger partial charge < -0.3 is 5.32 Å². The van der Waals surface area contributed by atoms with E-state index in [9.17, 15) is 13.2 Å². The van der Waals surface area contributed by atoms with Crippen LogP contribution in [0.5, 0.6) is 0 Å². The number of rotatable bonds is 5. The molecule has 5 heteroatoms. The maximum atomic E-state index is 12.8. The van der Waals surface area contributed by atoms with E-state index < -0.39 is 11.7 Å². The minimum Gasteiger partial charge on any atom is -0.383 e. The van der Waals surface area contributed by atoms with Crippen molar-refractivity contribution >= 4 is 17.3 Å². The van der Waals surface area contributed by atoms with Gasteiger partial charge in [0.1, 0.15) is 0 Å². The molecular formula is C13H17ClF3N. The second-order valence-electron chi connectivity index (χ2n) is 4.22. The number of anilines is 1. The van der Waals surface area contributed by atoms with Gasteiger partial charge in [0.15, 0.2) is 0 Å². The number of hydrogen-bond donors (Lipinski definition) is 1. The van der Waals surface area contributed by atoms with E-state index in [4.69, 9.17) is 11.6 Å². The molecule has 0 saturated heterocycles. The SMILES string of the molecule is CCC(CC)CNc1c(Cl)cccc1C(F)(F)F. The summed E-state index contributed by atoms with van der Waals surface area (Å²) in [7, 11) is 0. The standard InChI is InChI=1S/C13H17ClF3N/c1-3-9(4-2)8-18-12-10(13(15,16)17)6-5-7-11(12)14/h5-7,9,18H,3-4,8H2,1-2H3. The molecule has 0 spiro atoms. The van der Waals surface area contributed by atoms with E-state index >= 15 is 0 Å². The van der Waals surface area contributed by atoms with E-state index in [0.29, 0.717) is 12.5 Å². The van der Waals surface area contributed by atoms with E-state index in [-0.39, 0.29) is 10.7 Å². The number of para-hydroxylation sites is 1. The Morgan fingerprint density at radius 2 is 1.83 bits per heavy atom. The molecule has 18 heavy (non-hydrogen) atoms. The summed E-state index contributed by atoms with van der Waals surface area (Å²) in [6, 6.07) is 3.82. The predicted molar refractivity (Wildman–Crippen MR) is 69.0 cm³/mol. The molecular weight excluding hydrogens is 263 g/mol. The van der Waals surface area contributed by atoms with Crippen LogP contribution in [0.4, 0.5) is 18.9 Å². The Morgan fingerprint density at radius 1 is 1.22 bits per heavy atom. The van der Waals surface area contributed by atoms with E-state index in [1.54, 1.807) is 0 Å². The highest BCUT2D eigenvalue weighted by atomic mass is 35.5. The van der Waals surface area contributed by atoms with Gasteiger partial charge in [0.05, 0.1) is 16.3 Å². The zero-order valence-corrected chi connectivity index (χ0v) is 11.2. The van der Waals surface area contributed by atoms with E-state index in [0.717, 1.165) is 18.9 Å². The van der Waals surface area contributed by atoms with Crippen LogP contribution in [-0.2, 0) is 6.18 Å². The fourth-order valence-electron chi connectivity index (χ4n) is 1.76. The molecule has 0 fully saturated rings. The van der Waals surface area contributed by atoms with Gasteiger partial charge in [-0.25, -0.2) is 0 Å². The highest BCUT2D eigenvalue weighted by Crippen LogP contribution is 2.38.